The van der Waals surface area contributed by atoms with Crippen LogP contribution in [0, 0.1) is 5.41 Å². The van der Waals surface area contributed by atoms with Gasteiger partial charge in [0.1, 0.15) is 5.84 Å². The predicted octanol–water partition coefficient (Wildman–Crippen LogP) is -0.183. The first-order valence-corrected chi connectivity index (χ1v) is 3.44. The van der Waals surface area contributed by atoms with Gasteiger partial charge in [-0.1, -0.05) is 0 Å². The first kappa shape index (κ1) is 5.85. The minimum Gasteiger partial charge on any atom is -0.287 e. The third-order valence-corrected chi connectivity index (χ3v) is 1.77. The Kier molecular flexibility index (Phi) is 1.05. The maximum absolute atomic E-state index is 11.0. The van der Waals surface area contributed by atoms with Crippen molar-refractivity contribution in [2.75, 3.05) is 13.1 Å². The summed E-state index contributed by atoms with van der Waals surface area (Å²) in [5.41, 5.74) is 0. The summed E-state index contributed by atoms with van der Waals surface area (Å²) >= 11 is 0. The van der Waals surface area contributed by atoms with E-state index in [1.54, 1.807) is 0 Å². The number of rotatable bonds is 1. The number of amides is 1. The van der Waals surface area contributed by atoms with E-state index >= 15 is 0 Å². The molecule has 4 nitrogen and oxygen atoms in total. The first-order chi connectivity index (χ1) is 4.79. The van der Waals surface area contributed by atoms with Gasteiger partial charge >= 0.3 is 0 Å². The Labute approximate surface area is 58.9 Å². The van der Waals surface area contributed by atoms with Gasteiger partial charge in [-0.15, -0.1) is 0 Å². The van der Waals surface area contributed by atoms with Crippen LogP contribution in [0.5, 0.6) is 0 Å². The number of hydrazine groups is 1. The Balaban J connectivity index is 2.15. The fourth-order valence-corrected chi connectivity index (χ4v) is 1.16. The van der Waals surface area contributed by atoms with Crippen molar-refractivity contribution in [1.29, 1.82) is 5.41 Å². The van der Waals surface area contributed by atoms with Crippen molar-refractivity contribution < 1.29 is 4.79 Å². The van der Waals surface area contributed by atoms with Crippen LogP contribution in [0.25, 0.3) is 0 Å². The Morgan fingerprint density at radius 2 is 2.00 bits per heavy atom. The lowest BCUT2D eigenvalue weighted by Crippen LogP contribution is -2.33. The third-order valence-electron chi connectivity index (χ3n) is 1.77. The second-order valence-electron chi connectivity index (χ2n) is 2.61. The van der Waals surface area contributed by atoms with Gasteiger partial charge in [-0.25, -0.2) is 10.0 Å². The molecule has 0 spiro atoms. The summed E-state index contributed by atoms with van der Waals surface area (Å²) in [5.74, 6) is 0.546. The van der Waals surface area contributed by atoms with Crippen LogP contribution >= 0.6 is 0 Å². The molecule has 0 aromatic heterocycles. The maximum atomic E-state index is 11.0. The molecule has 0 atom stereocenters. The van der Waals surface area contributed by atoms with Crippen molar-refractivity contribution >= 4 is 11.7 Å². The quantitative estimate of drug-likeness (QED) is 0.512. The highest BCUT2D eigenvalue weighted by Gasteiger charge is 2.36. The predicted molar refractivity (Wildman–Crippen MR) is 35.4 cm³/mol. The maximum Gasteiger partial charge on any atom is 0.243 e. The molecular formula is C6H9N3O. The second kappa shape index (κ2) is 1.79. The van der Waals surface area contributed by atoms with Crippen molar-refractivity contribution in [2.45, 2.75) is 12.8 Å². The number of amidine groups is 1. The first-order valence-electron chi connectivity index (χ1n) is 3.44. The molecule has 0 aliphatic carbocycles. The minimum absolute atomic E-state index is 0.0856. The van der Waals surface area contributed by atoms with Crippen molar-refractivity contribution in [3.63, 3.8) is 0 Å². The molecule has 10 heavy (non-hydrogen) atoms. The van der Waals surface area contributed by atoms with Gasteiger partial charge in [-0.3, -0.25) is 10.2 Å². The highest BCUT2D eigenvalue weighted by atomic mass is 16.2. The zero-order valence-corrected chi connectivity index (χ0v) is 5.63. The lowest BCUT2D eigenvalue weighted by atomic mass is 10.4. The summed E-state index contributed by atoms with van der Waals surface area (Å²) < 4.78 is 0. The molecule has 0 aromatic rings. The van der Waals surface area contributed by atoms with Crippen LogP contribution < -0.4 is 0 Å². The van der Waals surface area contributed by atoms with Gasteiger partial charge in [0, 0.05) is 25.9 Å². The van der Waals surface area contributed by atoms with Crippen LogP contribution in [0.2, 0.25) is 0 Å². The molecule has 54 valence electrons. The molecule has 2 aliphatic heterocycles. The number of nitrogens with one attached hydrogen (secondary N) is 1. The van der Waals surface area contributed by atoms with Gasteiger partial charge in [0.25, 0.3) is 0 Å². The molecule has 2 rings (SSSR count). The van der Waals surface area contributed by atoms with E-state index in [2.05, 4.69) is 0 Å². The Morgan fingerprint density at radius 3 is 2.40 bits per heavy atom. The number of hydrogen-bond donors (Lipinski definition) is 1. The summed E-state index contributed by atoms with van der Waals surface area (Å²) in [4.78, 5) is 11.0. The summed E-state index contributed by atoms with van der Waals surface area (Å²) in [5, 5.41) is 10.8. The summed E-state index contributed by atoms with van der Waals surface area (Å²) in [6.45, 7) is 1.88. The molecule has 1 N–H and O–H groups in total. The average Bonchev–Trinajstić information content (AvgIpc) is 2.64. The van der Waals surface area contributed by atoms with Crippen LogP contribution in [0.1, 0.15) is 12.8 Å². The lowest BCUT2D eigenvalue weighted by Gasteiger charge is -2.14. The normalized spacial score (nSPS) is 26.2. The topological polar surface area (TPSA) is 47.2 Å². The molecule has 0 aromatic carbocycles. The number of carbonyl (C=O) groups is 1. The number of nitrogens with zero attached hydrogens (tertiary/aromatic N) is 2. The summed E-state index contributed by atoms with van der Waals surface area (Å²) in [6.07, 6.45) is 1.14. The zero-order chi connectivity index (χ0) is 7.14. The van der Waals surface area contributed by atoms with E-state index in [0.29, 0.717) is 18.7 Å². The minimum atomic E-state index is 0.0856. The smallest absolute Gasteiger partial charge is 0.243 e. The van der Waals surface area contributed by atoms with Crippen LogP contribution in [0.3, 0.4) is 0 Å². The monoisotopic (exact) mass is 139 g/mol. The Bertz CT molecular complexity index is 181. The van der Waals surface area contributed by atoms with E-state index in [1.165, 1.54) is 5.01 Å². The van der Waals surface area contributed by atoms with Crippen molar-refractivity contribution in [3.8, 4) is 0 Å². The molecular weight excluding hydrogens is 130 g/mol. The fraction of sp³-hybridized carbons (Fsp3) is 0.667. The molecule has 2 saturated heterocycles. The number of carbonyl (C=O) groups excluding carboxylic acids is 1. The number of hydrogen-bond acceptors (Lipinski definition) is 3. The van der Waals surface area contributed by atoms with Gasteiger partial charge in [0.2, 0.25) is 5.91 Å². The molecule has 2 aliphatic rings. The van der Waals surface area contributed by atoms with Gasteiger partial charge < -0.3 is 0 Å². The molecule has 2 fully saturated rings. The highest BCUT2D eigenvalue weighted by Crippen LogP contribution is 2.19. The standard InChI is InChI=1S/C6H9N3O/c7-5-1-2-6(10)9(5)8-3-4-8/h7H,1-4H2. The molecule has 4 heteroatoms. The van der Waals surface area contributed by atoms with E-state index in [0.717, 1.165) is 13.1 Å². The molecule has 0 bridgehead atoms. The lowest BCUT2D eigenvalue weighted by molar-refractivity contribution is -0.131. The highest BCUT2D eigenvalue weighted by molar-refractivity contribution is 6.02. The van der Waals surface area contributed by atoms with Crippen molar-refractivity contribution in [2.24, 2.45) is 0 Å². The zero-order valence-electron chi connectivity index (χ0n) is 5.63. The van der Waals surface area contributed by atoms with E-state index in [1.807, 2.05) is 5.01 Å². The summed E-state index contributed by atoms with van der Waals surface area (Å²) in [6, 6.07) is 0. The largest absolute Gasteiger partial charge is 0.287 e. The molecule has 1 amide bonds. The van der Waals surface area contributed by atoms with Crippen LogP contribution in [-0.4, -0.2) is 34.9 Å². The van der Waals surface area contributed by atoms with Crippen LogP contribution in [-0.2, 0) is 4.79 Å². The van der Waals surface area contributed by atoms with Gasteiger partial charge in [-0.2, -0.15) is 0 Å². The van der Waals surface area contributed by atoms with E-state index in [4.69, 9.17) is 5.41 Å². The average molecular weight is 139 g/mol. The van der Waals surface area contributed by atoms with E-state index < -0.39 is 0 Å². The van der Waals surface area contributed by atoms with Crippen LogP contribution in [0.4, 0.5) is 0 Å². The molecule has 2 heterocycles. The summed E-state index contributed by atoms with van der Waals surface area (Å²) in [7, 11) is 0. The second-order valence-corrected chi connectivity index (χ2v) is 2.61. The SMILES string of the molecule is N=C1CCC(=O)N1N1CC1. The van der Waals surface area contributed by atoms with Crippen molar-refractivity contribution in [1.82, 2.24) is 10.0 Å². The van der Waals surface area contributed by atoms with Crippen molar-refractivity contribution in [3.05, 3.63) is 0 Å². The fourth-order valence-electron chi connectivity index (χ4n) is 1.16. The molecule has 0 radical (unpaired) electrons. The van der Waals surface area contributed by atoms with E-state index in [9.17, 15) is 4.79 Å². The third kappa shape index (κ3) is 0.724. The van der Waals surface area contributed by atoms with Gasteiger partial charge in [-0.05, 0) is 0 Å². The molecule has 0 unspecified atom stereocenters. The van der Waals surface area contributed by atoms with E-state index in [-0.39, 0.29) is 5.91 Å². The molecule has 0 saturated carbocycles. The van der Waals surface area contributed by atoms with Crippen LogP contribution in [0.15, 0.2) is 0 Å². The van der Waals surface area contributed by atoms with Gasteiger partial charge in [0.15, 0.2) is 0 Å². The van der Waals surface area contributed by atoms with Gasteiger partial charge in [0.05, 0.1) is 0 Å². The Hall–Kier alpha value is -0.900. The Morgan fingerprint density at radius 1 is 1.30 bits per heavy atom.